The van der Waals surface area contributed by atoms with Crippen molar-refractivity contribution >= 4 is 5.97 Å². The summed E-state index contributed by atoms with van der Waals surface area (Å²) in [6, 6.07) is 10.4. The first-order valence-corrected chi connectivity index (χ1v) is 6.12. The molecular weight excluding hydrogens is 262 g/mol. The van der Waals surface area contributed by atoms with Gasteiger partial charge >= 0.3 is 5.97 Å². The van der Waals surface area contributed by atoms with Crippen molar-refractivity contribution in [2.45, 2.75) is 19.3 Å². The van der Waals surface area contributed by atoms with E-state index in [0.29, 0.717) is 16.7 Å². The molecule has 0 saturated carbocycles. The molecule has 0 atom stereocenters. The minimum atomic E-state index is -1.05. The molecule has 4 heteroatoms. The fourth-order valence-corrected chi connectivity index (χ4v) is 1.89. The summed E-state index contributed by atoms with van der Waals surface area (Å²) in [5.74, 6) is -2.78. The van der Waals surface area contributed by atoms with Crippen molar-refractivity contribution in [2.24, 2.45) is 0 Å². The number of aliphatic carboxylic acids is 1. The van der Waals surface area contributed by atoms with Gasteiger partial charge in [-0.05, 0) is 42.7 Å². The van der Waals surface area contributed by atoms with Gasteiger partial charge in [0.2, 0.25) is 0 Å². The SMILES string of the molecule is CC(C)(C(=O)O)c1cccc(-c2ccc(F)c(F)c2)c1. The molecule has 0 aliphatic heterocycles. The van der Waals surface area contributed by atoms with E-state index in [0.717, 1.165) is 12.1 Å². The fourth-order valence-electron chi connectivity index (χ4n) is 1.89. The van der Waals surface area contributed by atoms with Gasteiger partial charge in [0, 0.05) is 0 Å². The summed E-state index contributed by atoms with van der Waals surface area (Å²) in [5.41, 5.74) is 0.712. The highest BCUT2D eigenvalue weighted by Crippen LogP contribution is 2.29. The summed E-state index contributed by atoms with van der Waals surface area (Å²) < 4.78 is 26.2. The Hall–Kier alpha value is -2.23. The molecule has 2 rings (SSSR count). The number of hydrogen-bond acceptors (Lipinski definition) is 1. The van der Waals surface area contributed by atoms with E-state index in [1.165, 1.54) is 6.07 Å². The molecule has 0 spiro atoms. The molecule has 0 aliphatic carbocycles. The van der Waals surface area contributed by atoms with Gasteiger partial charge < -0.3 is 5.11 Å². The standard InChI is InChI=1S/C16H14F2O2/c1-16(2,15(19)20)12-5-3-4-10(8-12)11-6-7-13(17)14(18)9-11/h3-9H,1-2H3,(H,19,20). The Kier molecular flexibility index (Phi) is 3.57. The number of rotatable bonds is 3. The van der Waals surface area contributed by atoms with Gasteiger partial charge in [-0.1, -0.05) is 30.3 Å². The number of carbonyl (C=O) groups is 1. The van der Waals surface area contributed by atoms with E-state index in [9.17, 15) is 18.7 Å². The van der Waals surface area contributed by atoms with Gasteiger partial charge in [-0.3, -0.25) is 4.79 Å². The summed E-state index contributed by atoms with van der Waals surface area (Å²) in [5, 5.41) is 9.23. The van der Waals surface area contributed by atoms with Crippen LogP contribution in [0.3, 0.4) is 0 Å². The molecule has 0 aliphatic rings. The van der Waals surface area contributed by atoms with E-state index < -0.39 is 23.0 Å². The maximum Gasteiger partial charge on any atom is 0.313 e. The molecule has 2 aromatic rings. The number of carboxylic acids is 1. The number of hydrogen-bond donors (Lipinski definition) is 1. The molecule has 0 aromatic heterocycles. The van der Waals surface area contributed by atoms with Crippen LogP contribution in [0.1, 0.15) is 19.4 Å². The summed E-state index contributed by atoms with van der Waals surface area (Å²) in [6.45, 7) is 3.19. The van der Waals surface area contributed by atoms with E-state index in [1.54, 1.807) is 38.1 Å². The van der Waals surface area contributed by atoms with Gasteiger partial charge in [-0.25, -0.2) is 8.78 Å². The molecule has 0 heterocycles. The van der Waals surface area contributed by atoms with Gasteiger partial charge in [0.05, 0.1) is 5.41 Å². The Labute approximate surface area is 115 Å². The van der Waals surface area contributed by atoms with Crippen molar-refractivity contribution in [3.8, 4) is 11.1 Å². The summed E-state index contributed by atoms with van der Waals surface area (Å²) >= 11 is 0. The largest absolute Gasteiger partial charge is 0.481 e. The summed E-state index contributed by atoms with van der Waals surface area (Å²) in [7, 11) is 0. The zero-order valence-electron chi connectivity index (χ0n) is 11.2. The van der Waals surface area contributed by atoms with Crippen LogP contribution in [0.4, 0.5) is 8.78 Å². The maximum atomic E-state index is 13.3. The second-order valence-corrected chi connectivity index (χ2v) is 5.14. The fraction of sp³-hybridized carbons (Fsp3) is 0.188. The zero-order valence-corrected chi connectivity index (χ0v) is 11.2. The predicted molar refractivity (Wildman–Crippen MR) is 72.5 cm³/mol. The lowest BCUT2D eigenvalue weighted by Crippen LogP contribution is -2.28. The monoisotopic (exact) mass is 276 g/mol. The van der Waals surface area contributed by atoms with Crippen molar-refractivity contribution in [3.05, 3.63) is 59.7 Å². The van der Waals surface area contributed by atoms with Crippen molar-refractivity contribution in [3.63, 3.8) is 0 Å². The van der Waals surface area contributed by atoms with E-state index in [4.69, 9.17) is 0 Å². The number of carboxylic acid groups (broad SMARTS) is 1. The van der Waals surface area contributed by atoms with E-state index in [1.807, 2.05) is 0 Å². The van der Waals surface area contributed by atoms with Crippen LogP contribution < -0.4 is 0 Å². The molecule has 0 bridgehead atoms. The highest BCUT2D eigenvalue weighted by Gasteiger charge is 2.29. The van der Waals surface area contributed by atoms with Crippen molar-refractivity contribution in [1.29, 1.82) is 0 Å². The molecule has 104 valence electrons. The summed E-state index contributed by atoms with van der Waals surface area (Å²) in [4.78, 5) is 11.3. The maximum absolute atomic E-state index is 13.3. The van der Waals surface area contributed by atoms with E-state index in [-0.39, 0.29) is 0 Å². The van der Waals surface area contributed by atoms with Gasteiger partial charge in [-0.15, -0.1) is 0 Å². The van der Waals surface area contributed by atoms with Gasteiger partial charge in [0.25, 0.3) is 0 Å². The third-order valence-corrected chi connectivity index (χ3v) is 3.37. The van der Waals surface area contributed by atoms with Crippen molar-refractivity contribution in [2.75, 3.05) is 0 Å². The Morgan fingerprint density at radius 1 is 1.00 bits per heavy atom. The lowest BCUT2D eigenvalue weighted by atomic mass is 9.83. The van der Waals surface area contributed by atoms with Crippen LogP contribution in [-0.4, -0.2) is 11.1 Å². The topological polar surface area (TPSA) is 37.3 Å². The molecule has 0 saturated heterocycles. The van der Waals surface area contributed by atoms with Crippen LogP contribution in [0, 0.1) is 11.6 Å². The zero-order chi connectivity index (χ0) is 14.9. The third-order valence-electron chi connectivity index (χ3n) is 3.37. The Balaban J connectivity index is 2.49. The quantitative estimate of drug-likeness (QED) is 0.920. The van der Waals surface area contributed by atoms with Crippen LogP contribution in [0.2, 0.25) is 0 Å². The second kappa shape index (κ2) is 5.04. The highest BCUT2D eigenvalue weighted by molar-refractivity contribution is 5.81. The molecular formula is C16H14F2O2. The average Bonchev–Trinajstić information content (AvgIpc) is 2.42. The first-order valence-electron chi connectivity index (χ1n) is 6.12. The van der Waals surface area contributed by atoms with Crippen LogP contribution in [0.5, 0.6) is 0 Å². The van der Waals surface area contributed by atoms with E-state index in [2.05, 4.69) is 0 Å². The van der Waals surface area contributed by atoms with Crippen LogP contribution >= 0.6 is 0 Å². The first-order chi connectivity index (χ1) is 9.32. The minimum absolute atomic E-state index is 0.506. The normalized spacial score (nSPS) is 11.4. The molecule has 0 fully saturated rings. The smallest absolute Gasteiger partial charge is 0.313 e. The summed E-state index contributed by atoms with van der Waals surface area (Å²) in [6.07, 6.45) is 0. The van der Waals surface area contributed by atoms with Gasteiger partial charge in [0.15, 0.2) is 11.6 Å². The Morgan fingerprint density at radius 3 is 2.25 bits per heavy atom. The van der Waals surface area contributed by atoms with Crippen LogP contribution in [0.25, 0.3) is 11.1 Å². The number of halogens is 2. The second-order valence-electron chi connectivity index (χ2n) is 5.14. The van der Waals surface area contributed by atoms with Gasteiger partial charge in [-0.2, -0.15) is 0 Å². The van der Waals surface area contributed by atoms with Gasteiger partial charge in [0.1, 0.15) is 0 Å². The van der Waals surface area contributed by atoms with Crippen molar-refractivity contribution < 1.29 is 18.7 Å². The molecule has 0 unspecified atom stereocenters. The lowest BCUT2D eigenvalue weighted by molar-refractivity contribution is -0.142. The molecule has 1 N–H and O–H groups in total. The molecule has 2 aromatic carbocycles. The first kappa shape index (κ1) is 14.2. The highest BCUT2D eigenvalue weighted by atomic mass is 19.2. The van der Waals surface area contributed by atoms with E-state index >= 15 is 0 Å². The van der Waals surface area contributed by atoms with Crippen molar-refractivity contribution in [1.82, 2.24) is 0 Å². The molecule has 20 heavy (non-hydrogen) atoms. The predicted octanol–water partition coefficient (Wildman–Crippen LogP) is 3.99. The minimum Gasteiger partial charge on any atom is -0.481 e. The lowest BCUT2D eigenvalue weighted by Gasteiger charge is -2.20. The average molecular weight is 276 g/mol. The van der Waals surface area contributed by atoms with Crippen LogP contribution in [-0.2, 0) is 10.2 Å². The third kappa shape index (κ3) is 2.54. The number of benzene rings is 2. The Morgan fingerprint density at radius 2 is 1.65 bits per heavy atom. The molecule has 2 nitrogen and oxygen atoms in total. The Bertz CT molecular complexity index is 663. The molecule has 0 radical (unpaired) electrons. The molecule has 0 amide bonds. The van der Waals surface area contributed by atoms with Crippen LogP contribution in [0.15, 0.2) is 42.5 Å².